The van der Waals surface area contributed by atoms with Crippen molar-refractivity contribution in [3.63, 3.8) is 0 Å². The highest BCUT2D eigenvalue weighted by Crippen LogP contribution is 2.52. The van der Waals surface area contributed by atoms with Crippen LogP contribution in [0.5, 0.6) is 17.2 Å². The second kappa shape index (κ2) is 13.4. The first-order valence-electron chi connectivity index (χ1n) is 15.8. The van der Waals surface area contributed by atoms with Gasteiger partial charge >= 0.3 is 0 Å². The summed E-state index contributed by atoms with van der Waals surface area (Å²) in [7, 11) is 1.33. The molecule has 0 aromatic heterocycles. The first kappa shape index (κ1) is 34.4. The largest absolute Gasteiger partial charge is 0.507 e. The molecule has 0 unspecified atom stereocenters. The molecule has 2 aliphatic carbocycles. The molecule has 15 nitrogen and oxygen atoms in total. The number of aromatic hydroxyl groups is 2. The normalized spacial score (nSPS) is 30.4. The van der Waals surface area contributed by atoms with Crippen molar-refractivity contribution in [1.82, 2.24) is 4.90 Å². The number of carbonyl (C=O) groups excluding carboxylic acids is 3. The minimum atomic E-state index is -2.27. The number of benzene rings is 2. The Labute approximate surface area is 275 Å². The molecule has 4 aliphatic rings. The third-order valence-corrected chi connectivity index (χ3v) is 9.69. The number of carbonyl (C=O) groups is 3. The summed E-state index contributed by atoms with van der Waals surface area (Å²) in [5, 5.41) is 55.7. The Morgan fingerprint density at radius 1 is 1.12 bits per heavy atom. The predicted octanol–water partition coefficient (Wildman–Crippen LogP) is -0.324. The fourth-order valence-electron chi connectivity index (χ4n) is 7.29. The molecule has 6 rings (SSSR count). The van der Waals surface area contributed by atoms with E-state index in [1.807, 2.05) is 4.90 Å². The Morgan fingerprint density at radius 2 is 1.88 bits per heavy atom. The number of ether oxygens (including phenoxy) is 5. The molecule has 2 fully saturated rings. The standard InChI is InChI=1S/C33H40N2O13/c1-15-28(38)18(35-7-9-46-23(13-35)45-8-6-34)10-22(47-15)48-20-12-33(43,21(37)14-36)11-17-25(20)32(42)27-26(30(17)40)29(39)16-4-3-5-19(44-2)24(16)31(27)41/h3-5,15,18,20,22-23,28,36,38,40,42-43H,6-14,34H2,1-2H3/t15-,18-,20-,22-,23-,28+,33-/m0/s1. The summed E-state index contributed by atoms with van der Waals surface area (Å²) in [6.45, 7) is 2.38. The highest BCUT2D eigenvalue weighted by atomic mass is 16.7. The molecular formula is C33H40N2O13. The molecule has 48 heavy (non-hydrogen) atoms. The second-order valence-electron chi connectivity index (χ2n) is 12.5. The van der Waals surface area contributed by atoms with Crippen LogP contribution in [0.4, 0.5) is 0 Å². The fourth-order valence-corrected chi connectivity index (χ4v) is 7.29. The van der Waals surface area contributed by atoms with Crippen LogP contribution in [0.1, 0.15) is 68.8 Å². The number of rotatable bonds is 9. The van der Waals surface area contributed by atoms with Crippen LogP contribution in [-0.2, 0) is 30.2 Å². The summed E-state index contributed by atoms with van der Waals surface area (Å²) in [4.78, 5) is 42.5. The van der Waals surface area contributed by atoms with Gasteiger partial charge in [0.25, 0.3) is 0 Å². The molecule has 0 spiro atoms. The number of phenols is 2. The second-order valence-corrected chi connectivity index (χ2v) is 12.5. The van der Waals surface area contributed by atoms with E-state index in [2.05, 4.69) is 0 Å². The highest BCUT2D eigenvalue weighted by Gasteiger charge is 2.50. The fraction of sp³-hybridized carbons (Fsp3) is 0.545. The summed E-state index contributed by atoms with van der Waals surface area (Å²) in [5.41, 5.74) is 1.89. The maximum absolute atomic E-state index is 13.9. The number of morpholine rings is 1. The van der Waals surface area contributed by atoms with Crippen molar-refractivity contribution in [3.8, 4) is 17.2 Å². The van der Waals surface area contributed by atoms with Gasteiger partial charge in [0.1, 0.15) is 29.5 Å². The summed E-state index contributed by atoms with van der Waals surface area (Å²) in [6, 6.07) is 3.89. The van der Waals surface area contributed by atoms with Crippen molar-refractivity contribution in [3.05, 3.63) is 51.6 Å². The molecular weight excluding hydrogens is 632 g/mol. The van der Waals surface area contributed by atoms with Crippen molar-refractivity contribution in [2.45, 2.75) is 68.7 Å². The van der Waals surface area contributed by atoms with Crippen molar-refractivity contribution in [2.24, 2.45) is 5.73 Å². The number of nitrogens with zero attached hydrogens (tertiary/aromatic N) is 1. The summed E-state index contributed by atoms with van der Waals surface area (Å²) < 4.78 is 29.0. The van der Waals surface area contributed by atoms with Crippen LogP contribution in [0.2, 0.25) is 0 Å². The maximum atomic E-state index is 13.9. The van der Waals surface area contributed by atoms with Crippen molar-refractivity contribution >= 4 is 17.3 Å². The lowest BCUT2D eigenvalue weighted by Crippen LogP contribution is -2.59. The Kier molecular flexibility index (Phi) is 9.61. The zero-order valence-electron chi connectivity index (χ0n) is 26.6. The van der Waals surface area contributed by atoms with Crippen LogP contribution in [0.15, 0.2) is 18.2 Å². The third-order valence-electron chi connectivity index (χ3n) is 9.69. The van der Waals surface area contributed by atoms with Crippen LogP contribution in [0.25, 0.3) is 0 Å². The lowest BCUT2D eigenvalue weighted by Gasteiger charge is -2.47. The van der Waals surface area contributed by atoms with Gasteiger partial charge < -0.3 is 55.0 Å². The Hall–Kier alpha value is -3.51. The summed E-state index contributed by atoms with van der Waals surface area (Å²) in [6.07, 6.45) is -5.64. The Bertz CT molecular complexity index is 1610. The molecule has 0 saturated carbocycles. The van der Waals surface area contributed by atoms with Gasteiger partial charge in [0.2, 0.25) is 5.78 Å². The number of methoxy groups -OCH3 is 1. The van der Waals surface area contributed by atoms with Crippen LogP contribution in [-0.4, -0.2) is 131 Å². The lowest BCUT2D eigenvalue weighted by atomic mass is 9.72. The van der Waals surface area contributed by atoms with E-state index in [-0.39, 0.29) is 34.4 Å². The average molecular weight is 673 g/mol. The van der Waals surface area contributed by atoms with E-state index in [0.29, 0.717) is 32.8 Å². The summed E-state index contributed by atoms with van der Waals surface area (Å²) in [5.74, 6) is -3.79. The number of aliphatic hydroxyl groups excluding tert-OH is 2. The Balaban J connectivity index is 1.39. The SMILES string of the molecule is COc1cccc2c1C(=O)c1c(O)c3c(c(O)c1C2=O)C[C@@](O)(C(=O)CO)C[C@@H]3O[C@H]1C[C@H](N2CCO[C@H](OCCN)C2)[C@H](O)[C@H](C)O1. The number of Topliss-reactive ketones (excluding diaryl/α,β-unsaturated/α-hetero) is 1. The number of hydrogen-bond donors (Lipinski definition) is 6. The van der Waals surface area contributed by atoms with Crippen LogP contribution in [0.3, 0.4) is 0 Å². The number of fused-ring (bicyclic) bond motifs is 3. The smallest absolute Gasteiger partial charge is 0.202 e. The Morgan fingerprint density at radius 3 is 2.58 bits per heavy atom. The minimum Gasteiger partial charge on any atom is -0.507 e. The summed E-state index contributed by atoms with van der Waals surface area (Å²) >= 11 is 0. The first-order valence-corrected chi connectivity index (χ1v) is 15.8. The van der Waals surface area contributed by atoms with E-state index < -0.39 is 102 Å². The van der Waals surface area contributed by atoms with Gasteiger partial charge in [-0.25, -0.2) is 0 Å². The van der Waals surface area contributed by atoms with Crippen molar-refractivity contribution < 1.29 is 63.6 Å². The number of hydrogen-bond acceptors (Lipinski definition) is 15. The van der Waals surface area contributed by atoms with Crippen molar-refractivity contribution in [1.29, 1.82) is 0 Å². The van der Waals surface area contributed by atoms with E-state index in [1.54, 1.807) is 6.92 Å². The highest BCUT2D eigenvalue weighted by molar-refractivity contribution is 6.31. The zero-order chi connectivity index (χ0) is 34.5. The molecule has 2 heterocycles. The van der Waals surface area contributed by atoms with Gasteiger partial charge in [-0.3, -0.25) is 19.3 Å². The molecule has 2 aliphatic heterocycles. The molecule has 260 valence electrons. The average Bonchev–Trinajstić information content (AvgIpc) is 3.08. The molecule has 0 bridgehead atoms. The van der Waals surface area contributed by atoms with Gasteiger partial charge in [-0.2, -0.15) is 0 Å². The van der Waals surface area contributed by atoms with E-state index in [0.717, 1.165) is 0 Å². The van der Waals surface area contributed by atoms with E-state index in [4.69, 9.17) is 29.4 Å². The van der Waals surface area contributed by atoms with E-state index in [9.17, 15) is 39.9 Å². The van der Waals surface area contributed by atoms with E-state index in [1.165, 1.54) is 25.3 Å². The van der Waals surface area contributed by atoms with Gasteiger partial charge in [0.15, 0.2) is 24.1 Å². The van der Waals surface area contributed by atoms with Crippen LogP contribution >= 0.6 is 0 Å². The monoisotopic (exact) mass is 672 g/mol. The van der Waals surface area contributed by atoms with Gasteiger partial charge in [0, 0.05) is 61.6 Å². The number of phenolic OH excluding ortho intramolecular Hbond substituents is 2. The minimum absolute atomic E-state index is 0.0558. The van der Waals surface area contributed by atoms with Crippen LogP contribution in [0, 0.1) is 0 Å². The molecule has 2 aromatic rings. The topological polar surface area (TPSA) is 228 Å². The lowest BCUT2D eigenvalue weighted by molar-refractivity contribution is -0.267. The number of aliphatic hydroxyl groups is 3. The number of ketones is 3. The first-order chi connectivity index (χ1) is 22.9. The van der Waals surface area contributed by atoms with Gasteiger partial charge in [-0.1, -0.05) is 12.1 Å². The maximum Gasteiger partial charge on any atom is 0.202 e. The molecule has 0 radical (unpaired) electrons. The van der Waals surface area contributed by atoms with Gasteiger partial charge in [0.05, 0.1) is 55.3 Å². The van der Waals surface area contributed by atoms with Crippen molar-refractivity contribution in [2.75, 3.05) is 46.6 Å². The van der Waals surface area contributed by atoms with Gasteiger partial charge in [-0.15, -0.1) is 0 Å². The predicted molar refractivity (Wildman–Crippen MR) is 164 cm³/mol. The molecule has 7 N–H and O–H groups in total. The molecule has 0 amide bonds. The molecule has 7 atom stereocenters. The van der Waals surface area contributed by atoms with Gasteiger partial charge in [-0.05, 0) is 13.0 Å². The van der Waals surface area contributed by atoms with E-state index >= 15 is 0 Å². The molecule has 2 aromatic carbocycles. The number of nitrogens with two attached hydrogens (primary N) is 1. The molecule has 15 heteroatoms. The molecule has 2 saturated heterocycles. The van der Waals surface area contributed by atoms with Crippen LogP contribution < -0.4 is 10.5 Å². The third kappa shape index (κ3) is 5.78. The quantitative estimate of drug-likeness (QED) is 0.160. The zero-order valence-corrected chi connectivity index (χ0v) is 26.6.